The van der Waals surface area contributed by atoms with Gasteiger partial charge in [0.05, 0.1) is 23.7 Å². The number of nitrogens with one attached hydrogen (secondary N) is 4. The van der Waals surface area contributed by atoms with Crippen LogP contribution in [0, 0.1) is 0 Å². The zero-order valence-corrected chi connectivity index (χ0v) is 17.0. The fraction of sp³-hybridized carbons (Fsp3) is 0.294. The predicted molar refractivity (Wildman–Crippen MR) is 110 cm³/mol. The number of benzene rings is 1. The monoisotopic (exact) mass is 454 g/mol. The Kier molecular flexibility index (Phi) is 7.09. The van der Waals surface area contributed by atoms with Gasteiger partial charge >= 0.3 is 0 Å². The van der Waals surface area contributed by atoms with Crippen molar-refractivity contribution in [1.29, 1.82) is 0 Å². The van der Waals surface area contributed by atoms with Crippen molar-refractivity contribution in [2.75, 3.05) is 16.8 Å². The molecule has 26 heavy (non-hydrogen) atoms. The Balaban J connectivity index is 1.33. The van der Waals surface area contributed by atoms with Gasteiger partial charge in [0.2, 0.25) is 11.8 Å². The summed E-state index contributed by atoms with van der Waals surface area (Å²) in [6.07, 6.45) is 0.686. The van der Waals surface area contributed by atoms with Gasteiger partial charge in [-0.15, -0.1) is 23.1 Å². The summed E-state index contributed by atoms with van der Waals surface area (Å²) >= 11 is 6.35. The van der Waals surface area contributed by atoms with E-state index < -0.39 is 0 Å². The van der Waals surface area contributed by atoms with Crippen LogP contribution in [0.2, 0.25) is 0 Å². The average Bonchev–Trinajstić information content (AvgIpc) is 3.26. The van der Waals surface area contributed by atoms with E-state index in [1.165, 1.54) is 16.6 Å². The van der Waals surface area contributed by atoms with Gasteiger partial charge in [-0.05, 0) is 29.6 Å². The predicted octanol–water partition coefficient (Wildman–Crippen LogP) is 2.86. The fourth-order valence-corrected chi connectivity index (χ4v) is 4.38. The number of thiophene rings is 1. The van der Waals surface area contributed by atoms with Crippen LogP contribution >= 0.6 is 39.0 Å². The van der Waals surface area contributed by atoms with Gasteiger partial charge in [0.1, 0.15) is 0 Å². The molecule has 1 fully saturated rings. The van der Waals surface area contributed by atoms with Crippen molar-refractivity contribution < 1.29 is 9.59 Å². The molecule has 0 saturated carbocycles. The Bertz CT molecular complexity index is 757. The normalized spacial score (nSPS) is 19.3. The number of hydrogen-bond donors (Lipinski definition) is 4. The van der Waals surface area contributed by atoms with Gasteiger partial charge in [-0.25, -0.2) is 10.9 Å². The molecule has 1 aromatic carbocycles. The summed E-state index contributed by atoms with van der Waals surface area (Å²) in [7, 11) is 0. The molecule has 1 saturated heterocycles. The van der Waals surface area contributed by atoms with Crippen molar-refractivity contribution in [2.24, 2.45) is 0 Å². The third-order valence-electron chi connectivity index (χ3n) is 3.70. The molecule has 0 spiro atoms. The minimum Gasteiger partial charge on any atom is -0.339 e. The zero-order valence-electron chi connectivity index (χ0n) is 13.8. The molecule has 1 aliphatic rings. The lowest BCUT2D eigenvalue weighted by Crippen LogP contribution is -2.44. The van der Waals surface area contributed by atoms with Crippen molar-refractivity contribution in [3.63, 3.8) is 0 Å². The van der Waals surface area contributed by atoms with E-state index in [9.17, 15) is 9.59 Å². The van der Waals surface area contributed by atoms with Crippen LogP contribution in [0.1, 0.15) is 17.3 Å². The molecule has 2 amide bonds. The number of rotatable bonds is 7. The van der Waals surface area contributed by atoms with Crippen molar-refractivity contribution in [3.8, 4) is 0 Å². The standard InChI is InChI=1S/C17H19BrN4O2S2/c18-11-3-1-4-12(7-11)19-16(23)9-25-10-17(24)20-15-8-13(21-22-15)14-5-2-6-26-14/h1-7,13,15,21-22H,8-10H2,(H,19,23)(H,20,24). The Labute approximate surface area is 168 Å². The maximum Gasteiger partial charge on any atom is 0.234 e. The molecule has 3 rings (SSSR count). The summed E-state index contributed by atoms with van der Waals surface area (Å²) < 4.78 is 0.904. The first kappa shape index (κ1) is 19.4. The number of thioether (sulfide) groups is 1. The van der Waals surface area contributed by atoms with E-state index in [0.29, 0.717) is 0 Å². The first-order chi connectivity index (χ1) is 12.6. The average molecular weight is 455 g/mol. The highest BCUT2D eigenvalue weighted by molar-refractivity contribution is 9.10. The molecule has 6 nitrogen and oxygen atoms in total. The number of halogens is 1. The largest absolute Gasteiger partial charge is 0.339 e. The van der Waals surface area contributed by atoms with Crippen LogP contribution in [0.5, 0.6) is 0 Å². The number of hydrazine groups is 1. The van der Waals surface area contributed by atoms with E-state index in [1.807, 2.05) is 35.7 Å². The van der Waals surface area contributed by atoms with Crippen LogP contribution in [0.25, 0.3) is 0 Å². The summed E-state index contributed by atoms with van der Waals surface area (Å²) in [4.78, 5) is 25.2. The lowest BCUT2D eigenvalue weighted by Gasteiger charge is -2.12. The van der Waals surface area contributed by atoms with E-state index >= 15 is 0 Å². The SMILES string of the molecule is O=C(CSCC(=O)NC1CC(c2cccs2)NN1)Nc1cccc(Br)c1. The van der Waals surface area contributed by atoms with Crippen LogP contribution in [0.15, 0.2) is 46.3 Å². The minimum atomic E-state index is -0.126. The maximum atomic E-state index is 12.0. The summed E-state index contributed by atoms with van der Waals surface area (Å²) in [6, 6.07) is 11.7. The second-order valence-electron chi connectivity index (χ2n) is 5.76. The topological polar surface area (TPSA) is 82.3 Å². The summed E-state index contributed by atoms with van der Waals surface area (Å²) in [5, 5.41) is 7.78. The molecule has 2 atom stereocenters. The summed E-state index contributed by atoms with van der Waals surface area (Å²) in [5.74, 6) is 0.262. The number of carbonyl (C=O) groups is 2. The molecule has 1 aliphatic heterocycles. The Morgan fingerprint density at radius 1 is 1.19 bits per heavy atom. The molecular formula is C17H19BrN4O2S2. The number of anilines is 1. The highest BCUT2D eigenvalue weighted by Gasteiger charge is 2.26. The lowest BCUT2D eigenvalue weighted by molar-refractivity contribution is -0.119. The van der Waals surface area contributed by atoms with Crippen molar-refractivity contribution >= 4 is 56.5 Å². The number of hydrogen-bond acceptors (Lipinski definition) is 6. The highest BCUT2D eigenvalue weighted by Crippen LogP contribution is 2.25. The van der Waals surface area contributed by atoms with Crippen LogP contribution in [0.3, 0.4) is 0 Å². The molecule has 2 heterocycles. The smallest absolute Gasteiger partial charge is 0.234 e. The lowest BCUT2D eigenvalue weighted by atomic mass is 10.2. The molecule has 1 aromatic heterocycles. The van der Waals surface area contributed by atoms with Gasteiger partial charge in [0.15, 0.2) is 0 Å². The van der Waals surface area contributed by atoms with Gasteiger partial charge in [-0.2, -0.15) is 0 Å². The summed E-state index contributed by atoms with van der Waals surface area (Å²) in [6.45, 7) is 0. The maximum absolute atomic E-state index is 12.0. The number of amides is 2. The first-order valence-electron chi connectivity index (χ1n) is 8.07. The molecular weight excluding hydrogens is 436 g/mol. The molecule has 0 radical (unpaired) electrons. The van der Waals surface area contributed by atoms with E-state index in [4.69, 9.17) is 0 Å². The van der Waals surface area contributed by atoms with E-state index in [-0.39, 0.29) is 35.5 Å². The molecule has 138 valence electrons. The summed E-state index contributed by atoms with van der Waals surface area (Å²) in [5.41, 5.74) is 7.02. The van der Waals surface area contributed by atoms with Crippen molar-refractivity contribution in [3.05, 3.63) is 51.1 Å². The second-order valence-corrected chi connectivity index (χ2v) is 8.64. The minimum absolute atomic E-state index is 0.0867. The van der Waals surface area contributed by atoms with Crippen LogP contribution in [-0.4, -0.2) is 29.5 Å². The van der Waals surface area contributed by atoms with Gasteiger partial charge < -0.3 is 10.6 Å². The van der Waals surface area contributed by atoms with Gasteiger partial charge in [0.25, 0.3) is 0 Å². The first-order valence-corrected chi connectivity index (χ1v) is 10.9. The number of carbonyl (C=O) groups excluding carboxylic acids is 2. The molecule has 4 N–H and O–H groups in total. The third kappa shape index (κ3) is 5.82. The van der Waals surface area contributed by atoms with Crippen LogP contribution in [0.4, 0.5) is 5.69 Å². The molecule has 2 unspecified atom stereocenters. The second kappa shape index (κ2) is 9.52. The van der Waals surface area contributed by atoms with Crippen LogP contribution in [-0.2, 0) is 9.59 Å². The Morgan fingerprint density at radius 3 is 2.81 bits per heavy atom. The van der Waals surface area contributed by atoms with E-state index in [1.54, 1.807) is 11.3 Å². The molecule has 9 heteroatoms. The van der Waals surface area contributed by atoms with Gasteiger partial charge in [0, 0.05) is 21.5 Å². The molecule has 0 aliphatic carbocycles. The van der Waals surface area contributed by atoms with E-state index in [2.05, 4.69) is 43.5 Å². The van der Waals surface area contributed by atoms with Crippen molar-refractivity contribution in [2.45, 2.75) is 18.6 Å². The molecule has 0 bridgehead atoms. The highest BCUT2D eigenvalue weighted by atomic mass is 79.9. The quantitative estimate of drug-likeness (QED) is 0.516. The van der Waals surface area contributed by atoms with E-state index in [0.717, 1.165) is 16.6 Å². The fourth-order valence-electron chi connectivity index (χ4n) is 2.56. The Morgan fingerprint density at radius 2 is 2.04 bits per heavy atom. The Hall–Kier alpha value is -1.39. The van der Waals surface area contributed by atoms with Crippen LogP contribution < -0.4 is 21.5 Å². The van der Waals surface area contributed by atoms with Crippen molar-refractivity contribution in [1.82, 2.24) is 16.2 Å². The third-order valence-corrected chi connectivity index (χ3v) is 6.11. The zero-order chi connectivity index (χ0) is 18.4. The van der Waals surface area contributed by atoms with Gasteiger partial charge in [-0.3, -0.25) is 9.59 Å². The molecule has 2 aromatic rings. The van der Waals surface area contributed by atoms with Gasteiger partial charge in [-0.1, -0.05) is 28.1 Å².